The number of aromatic nitrogens is 7. The van der Waals surface area contributed by atoms with Gasteiger partial charge in [0, 0.05) is 32.8 Å². The van der Waals surface area contributed by atoms with Crippen molar-refractivity contribution < 1.29 is 50.7 Å². The molecule has 520 valence electrons. The van der Waals surface area contributed by atoms with Gasteiger partial charge in [0.2, 0.25) is 0 Å². The summed E-state index contributed by atoms with van der Waals surface area (Å²) in [6.07, 6.45) is 2.50. The lowest BCUT2D eigenvalue weighted by Crippen LogP contribution is -2.33. The predicted octanol–water partition coefficient (Wildman–Crippen LogP) is 11.6. The number of halogens is 3. The number of carbonyl (C=O) groups excluding carboxylic acids is 2. The first kappa shape index (κ1) is 72.6. The molecule has 6 heterocycles. The molecular weight excluding hydrogens is 1380 g/mol. The van der Waals surface area contributed by atoms with E-state index in [-0.39, 0.29) is 71.5 Å². The Bertz CT molecular complexity index is 5160. The molecule has 22 nitrogen and oxygen atoms in total. The number of carbonyl (C=O) groups is 2. The van der Waals surface area contributed by atoms with Crippen LogP contribution < -0.4 is 22.1 Å². The maximum absolute atomic E-state index is 14.3. The van der Waals surface area contributed by atoms with Gasteiger partial charge in [0.25, 0.3) is 11.8 Å². The number of nitrogen functional groups attached to an aromatic ring is 2. The molecule has 12 aromatic rings. The molecule has 0 fully saturated rings. The number of fused-ring (bicyclic) bond motifs is 4. The van der Waals surface area contributed by atoms with Gasteiger partial charge in [-0.05, 0) is 104 Å². The number of pyridine rings is 3. The van der Waals surface area contributed by atoms with Crippen molar-refractivity contribution in [1.82, 2.24) is 39.8 Å². The van der Waals surface area contributed by atoms with Crippen LogP contribution in [0.25, 0.3) is 66.1 Å². The predicted molar refractivity (Wildman–Crippen MR) is 388 cm³/mol. The molecule has 0 bridgehead atoms. The number of hydrogen-bond donors (Lipinski definition) is 7. The monoisotopic (exact) mass is 1440 g/mol. The van der Waals surface area contributed by atoms with E-state index < -0.39 is 79.8 Å². The number of nitriles is 2. The first-order valence-electron chi connectivity index (χ1n) is 31.9. The van der Waals surface area contributed by atoms with Crippen molar-refractivity contribution in [2.45, 2.75) is 53.6 Å². The molecule has 28 heteroatoms. The lowest BCUT2D eigenvalue weighted by atomic mass is 9.97. The van der Waals surface area contributed by atoms with E-state index >= 15 is 0 Å². The molecule has 9 N–H and O–H groups in total. The molecule has 103 heavy (non-hydrogen) atoms. The molecule has 7 aromatic carbocycles. The Balaban J connectivity index is 0.000000155. The molecule has 6 atom stereocenters. The largest absolute Gasteiger partial charge is 0.395 e. The van der Waals surface area contributed by atoms with Crippen molar-refractivity contribution in [3.63, 3.8) is 0 Å². The number of benzene rings is 7. The van der Waals surface area contributed by atoms with Crippen LogP contribution in [-0.4, -0.2) is 117 Å². The van der Waals surface area contributed by atoms with Crippen LogP contribution in [0, 0.1) is 40.1 Å². The zero-order chi connectivity index (χ0) is 73.2. The highest BCUT2D eigenvalue weighted by Gasteiger charge is 2.41. The molecule has 0 radical (unpaired) electrons. The molecule has 1 aliphatic rings. The number of nitrogens with zero attached hydrogens (tertiary/aromatic N) is 10. The summed E-state index contributed by atoms with van der Waals surface area (Å²) in [5.74, 6) is -1.88. The summed E-state index contributed by atoms with van der Waals surface area (Å²) in [5, 5.41) is 55.0. The van der Waals surface area contributed by atoms with Crippen molar-refractivity contribution in [2.24, 2.45) is 0 Å². The summed E-state index contributed by atoms with van der Waals surface area (Å²) < 4.78 is 82.8. The zero-order valence-corrected chi connectivity index (χ0v) is 57.6. The van der Waals surface area contributed by atoms with Gasteiger partial charge in [0.1, 0.15) is 76.6 Å². The zero-order valence-electron chi connectivity index (χ0n) is 55.2. The minimum Gasteiger partial charge on any atom is -0.395 e. The fourth-order valence-electron chi connectivity index (χ4n) is 12.0. The Hall–Kier alpha value is -11.6. The van der Waals surface area contributed by atoms with Crippen molar-refractivity contribution in [3.8, 4) is 45.5 Å². The van der Waals surface area contributed by atoms with Gasteiger partial charge in [-0.15, -0.1) is 0 Å². The summed E-state index contributed by atoms with van der Waals surface area (Å²) in [4.78, 5) is 59.0. The molecular formula is C75H63F3N14O8S3. The van der Waals surface area contributed by atoms with Crippen LogP contribution in [0.3, 0.4) is 0 Å². The molecule has 0 saturated carbocycles. The fourth-order valence-corrected chi connectivity index (χ4v) is 15.7. The van der Waals surface area contributed by atoms with Crippen LogP contribution in [0.15, 0.2) is 197 Å². The van der Waals surface area contributed by atoms with Crippen molar-refractivity contribution in [3.05, 3.63) is 239 Å². The van der Waals surface area contributed by atoms with E-state index in [0.717, 1.165) is 16.0 Å². The quantitative estimate of drug-likeness (QED) is 0.0348. The highest BCUT2D eigenvalue weighted by Crippen LogP contribution is 2.44. The van der Waals surface area contributed by atoms with Gasteiger partial charge in [-0.3, -0.25) is 27.1 Å². The molecule has 0 aliphatic carbocycles. The number of aliphatic hydroxyl groups excluding tert-OH is 3. The van der Waals surface area contributed by atoms with Gasteiger partial charge in [-0.25, -0.2) is 48.1 Å². The highest BCUT2D eigenvalue weighted by molar-refractivity contribution is 7.86. The van der Waals surface area contributed by atoms with E-state index in [1.807, 2.05) is 92.7 Å². The molecule has 5 unspecified atom stereocenters. The number of nitrogens with one attached hydrogen (secondary N) is 2. The Morgan fingerprint density at radius 3 is 1.10 bits per heavy atom. The lowest BCUT2D eigenvalue weighted by molar-refractivity contribution is 0.0592. The normalized spacial score (nSPS) is 13.5. The van der Waals surface area contributed by atoms with E-state index in [9.17, 15) is 61.2 Å². The van der Waals surface area contributed by atoms with Gasteiger partial charge in [-0.2, -0.15) is 10.5 Å². The third kappa shape index (κ3) is 15.2. The van der Waals surface area contributed by atoms with Gasteiger partial charge in [-0.1, -0.05) is 103 Å². The third-order valence-electron chi connectivity index (χ3n) is 16.6. The van der Waals surface area contributed by atoms with E-state index in [1.54, 1.807) is 55.5 Å². The second kappa shape index (κ2) is 32.4. The molecule has 1 aliphatic heterocycles. The van der Waals surface area contributed by atoms with Crippen molar-refractivity contribution >= 4 is 100 Å². The SMILES string of the molecule is CC(Nc1ncnc(N)c1C#N)c1nc2ccc(F)cc2c(S(=O)CCO)c1-c1ccccc1.CC(Nc1ncnc(N)c1C#N)c1nc2ccc(F)cc2c([S@@](=O)CCO)c1-c1ccccc1.CC(c1nc2ccc(F)cc2c(S(=O)CCO)c1-c1ccccc1)N1C(=O)c2ccccc2C1=O. The third-order valence-corrected chi connectivity index (χ3v) is 20.9. The second-order valence-electron chi connectivity index (χ2n) is 23.1. The maximum atomic E-state index is 14.3. The first-order valence-corrected chi connectivity index (χ1v) is 35.8. The Labute approximate surface area is 595 Å². The molecule has 0 saturated heterocycles. The number of rotatable bonds is 20. The Morgan fingerprint density at radius 2 is 0.777 bits per heavy atom. The smallest absolute Gasteiger partial charge is 0.262 e. The minimum absolute atomic E-state index is 0.0161. The van der Waals surface area contributed by atoms with Gasteiger partial charge < -0.3 is 37.4 Å². The number of hydrogen-bond acceptors (Lipinski definition) is 21. The van der Waals surface area contributed by atoms with Crippen LogP contribution in [-0.2, 0) is 32.4 Å². The standard InChI is InChI=1S/C27H21FN2O4S.2C24H21FN6O2S/c1-16(30-26(32)19-9-5-6-10-20(19)27(30)33)24-23(17-7-3-2-4-8-17)25(35(34)14-13-31)21-15-18(28)11-12-22(21)29-24;2*1-14(30-24-18(12-26)23(27)28-13-29-24)21-20(15-5-3-2-4-6-15)22(34(33)10-9-32)17-11-16(25)7-8-19(17)31-21/h2-12,15-16,31H,13-14H2,1H3;2*2-8,11,13-14,32H,9-10H2,1H3,(H3,27,28,29,30)/t;14?,34-;/m.0./s1. The Morgan fingerprint density at radius 1 is 0.466 bits per heavy atom. The van der Waals surface area contributed by atoms with Crippen LogP contribution in [0.2, 0.25) is 0 Å². The topological polar surface area (TPSA) is 363 Å². The fraction of sp³-hybridized carbons (Fsp3) is 0.160. The molecule has 0 spiro atoms. The summed E-state index contributed by atoms with van der Waals surface area (Å²) in [6, 6.07) is 48.5. The summed E-state index contributed by atoms with van der Waals surface area (Å²) in [7, 11) is -5.00. The number of aliphatic hydroxyl groups is 3. The van der Waals surface area contributed by atoms with Gasteiger partial charge >= 0.3 is 0 Å². The van der Waals surface area contributed by atoms with Gasteiger partial charge in [0.05, 0.1) is 147 Å². The van der Waals surface area contributed by atoms with Crippen molar-refractivity contribution in [2.75, 3.05) is 59.2 Å². The van der Waals surface area contributed by atoms with E-state index in [1.165, 1.54) is 67.3 Å². The van der Waals surface area contributed by atoms with E-state index in [4.69, 9.17) is 26.4 Å². The number of anilines is 4. The summed E-state index contributed by atoms with van der Waals surface area (Å²) in [6.45, 7) is 4.42. The number of nitrogens with two attached hydrogens (primary N) is 2. The van der Waals surface area contributed by atoms with Crippen LogP contribution in [0.4, 0.5) is 36.4 Å². The molecule has 2 amide bonds. The Kier molecular flexibility index (Phi) is 22.8. The summed E-state index contributed by atoms with van der Waals surface area (Å²) >= 11 is 0. The average Bonchev–Trinajstić information content (AvgIpc) is 1.73. The first-order chi connectivity index (χ1) is 49.8. The molecule has 13 rings (SSSR count). The number of amides is 2. The van der Waals surface area contributed by atoms with Gasteiger partial charge in [0.15, 0.2) is 0 Å². The second-order valence-corrected chi connectivity index (χ2v) is 27.7. The average molecular weight is 1440 g/mol. The van der Waals surface area contributed by atoms with Crippen LogP contribution in [0.1, 0.15) is 87.8 Å². The van der Waals surface area contributed by atoms with Crippen LogP contribution in [0.5, 0.6) is 0 Å². The highest BCUT2D eigenvalue weighted by atomic mass is 32.2. The number of imide groups is 1. The van der Waals surface area contributed by atoms with Crippen LogP contribution >= 0.6 is 0 Å². The maximum Gasteiger partial charge on any atom is 0.262 e. The summed E-state index contributed by atoms with van der Waals surface area (Å²) in [5.41, 5.74) is 18.9. The van der Waals surface area contributed by atoms with Crippen molar-refractivity contribution in [1.29, 1.82) is 10.5 Å². The minimum atomic E-state index is -1.71. The lowest BCUT2D eigenvalue weighted by Gasteiger charge is -2.26. The van der Waals surface area contributed by atoms with E-state index in [0.29, 0.717) is 97.9 Å². The molecule has 5 aromatic heterocycles. The van der Waals surface area contributed by atoms with E-state index in [2.05, 4.69) is 30.6 Å².